The summed E-state index contributed by atoms with van der Waals surface area (Å²) in [6.45, 7) is 7.02. The van der Waals surface area contributed by atoms with Crippen LogP contribution in [0.15, 0.2) is 48.7 Å². The molecular weight excluding hydrogens is 188 g/mol. The van der Waals surface area contributed by atoms with Gasteiger partial charge >= 0.3 is 14.0 Å². The maximum absolute atomic E-state index is 11.0. The van der Waals surface area contributed by atoms with Crippen molar-refractivity contribution in [1.29, 1.82) is 0 Å². The van der Waals surface area contributed by atoms with Crippen molar-refractivity contribution in [1.82, 2.24) is 5.32 Å². The Bertz CT molecular complexity index is 309. The molecule has 0 aromatic heterocycles. The fourth-order valence-corrected chi connectivity index (χ4v) is 0.784. The minimum Gasteiger partial charge on any atom is -0.540 e. The molecule has 0 rings (SSSR count). The third-order valence-corrected chi connectivity index (χ3v) is 1.53. The van der Waals surface area contributed by atoms with Gasteiger partial charge in [0.25, 0.3) is 0 Å². The van der Waals surface area contributed by atoms with E-state index in [1.165, 1.54) is 12.2 Å². The molecule has 74 valence electrons. The topological polar surface area (TPSA) is 38.3 Å². The van der Waals surface area contributed by atoms with E-state index in [4.69, 9.17) is 15.9 Å². The van der Waals surface area contributed by atoms with Gasteiger partial charge < -0.3 is 9.97 Å². The maximum Gasteiger partial charge on any atom is 0.378 e. The van der Waals surface area contributed by atoms with E-state index < -0.39 is 5.97 Å². The van der Waals surface area contributed by atoms with E-state index in [-0.39, 0.29) is 12.0 Å². The van der Waals surface area contributed by atoms with Crippen molar-refractivity contribution in [3.63, 3.8) is 0 Å². The molecule has 0 aliphatic rings. The van der Waals surface area contributed by atoms with Gasteiger partial charge in [0.1, 0.15) is 0 Å². The molecule has 0 aliphatic heterocycles. The number of nitrogens with one attached hydrogen (secondary N) is 1. The fourth-order valence-electron chi connectivity index (χ4n) is 0.784. The fraction of sp³-hybridized carbons (Fsp3) is 0.100. The monoisotopic (exact) mass is 199 g/mol. The minimum absolute atomic E-state index is 0.246. The molecule has 0 saturated heterocycles. The Labute approximate surface area is 92.4 Å². The van der Waals surface area contributed by atoms with Crippen LogP contribution in [0.2, 0.25) is 0 Å². The highest BCUT2D eigenvalue weighted by Gasteiger charge is 2.02. The lowest BCUT2D eigenvalue weighted by atomic mass is 10.1. The van der Waals surface area contributed by atoms with Crippen molar-refractivity contribution in [3.8, 4) is 0 Å². The van der Waals surface area contributed by atoms with Crippen LogP contribution in [0.3, 0.4) is 0 Å². The van der Waals surface area contributed by atoms with Crippen molar-refractivity contribution < 1.29 is 9.45 Å². The molecule has 0 aliphatic carbocycles. The average molecular weight is 199 g/mol. The van der Waals surface area contributed by atoms with Crippen molar-refractivity contribution in [2.24, 2.45) is 0 Å². The van der Waals surface area contributed by atoms with Gasteiger partial charge in [-0.2, -0.15) is 0 Å². The van der Waals surface area contributed by atoms with Crippen molar-refractivity contribution in [3.05, 3.63) is 48.7 Å². The number of carbonyl (C=O) groups excluding carboxylic acids is 1. The average Bonchev–Trinajstić information content (AvgIpc) is 2.27. The molecule has 0 bridgehead atoms. The Kier molecular flexibility index (Phi) is 6.89. The first kappa shape index (κ1) is 13.4. The second kappa shape index (κ2) is 7.73. The summed E-state index contributed by atoms with van der Waals surface area (Å²) in [6, 6.07) is 0. The molecule has 0 unspecified atom stereocenters. The largest absolute Gasteiger partial charge is 0.540 e. The number of carbonyl (C=O) groups is 1. The van der Waals surface area contributed by atoms with Crippen LogP contribution >= 0.6 is 0 Å². The van der Waals surface area contributed by atoms with E-state index >= 15 is 0 Å². The summed E-state index contributed by atoms with van der Waals surface area (Å²) in [6.07, 6.45) is 6.30. The summed E-state index contributed by atoms with van der Waals surface area (Å²) < 4.78 is 4.05. The molecule has 15 heavy (non-hydrogen) atoms. The van der Waals surface area contributed by atoms with Crippen LogP contribution in [0.5, 0.6) is 0 Å². The van der Waals surface area contributed by atoms with Crippen molar-refractivity contribution >= 4 is 21.9 Å². The molecule has 0 aromatic rings. The normalized spacial score (nSPS) is 11.7. The lowest BCUT2D eigenvalue weighted by Crippen LogP contribution is -2.12. The Morgan fingerprint density at radius 3 is 2.40 bits per heavy atom. The first-order valence-corrected chi connectivity index (χ1v) is 4.21. The summed E-state index contributed by atoms with van der Waals surface area (Å²) in [5.41, 5.74) is 0.928. The first-order valence-electron chi connectivity index (χ1n) is 4.21. The van der Waals surface area contributed by atoms with Gasteiger partial charge in [-0.05, 0) is 24.7 Å². The van der Waals surface area contributed by atoms with Gasteiger partial charge in [-0.25, -0.2) is 4.79 Å². The maximum atomic E-state index is 11.0. The van der Waals surface area contributed by atoms with Crippen molar-refractivity contribution in [2.75, 3.05) is 6.44 Å². The van der Waals surface area contributed by atoms with Gasteiger partial charge in [0.2, 0.25) is 0 Å². The molecule has 0 fully saturated rings. The van der Waals surface area contributed by atoms with Crippen LogP contribution in [0.25, 0.3) is 0 Å². The predicted octanol–water partition coefficient (Wildman–Crippen LogP) is 0.511. The van der Waals surface area contributed by atoms with Crippen molar-refractivity contribution in [2.45, 2.75) is 0 Å². The van der Waals surface area contributed by atoms with E-state index in [9.17, 15) is 4.79 Å². The Morgan fingerprint density at radius 2 is 2.00 bits per heavy atom. The molecule has 3 nitrogen and oxygen atoms in total. The molecule has 0 spiro atoms. The summed E-state index contributed by atoms with van der Waals surface area (Å²) >= 11 is 0. The smallest absolute Gasteiger partial charge is 0.378 e. The molecule has 4 radical (unpaired) electrons. The zero-order chi connectivity index (χ0) is 11.7. The second-order valence-electron chi connectivity index (χ2n) is 2.44. The predicted molar refractivity (Wildman–Crippen MR) is 62.2 cm³/mol. The highest BCUT2D eigenvalue weighted by Crippen LogP contribution is 2.00. The van der Waals surface area contributed by atoms with Gasteiger partial charge in [-0.15, -0.1) is 0 Å². The van der Waals surface area contributed by atoms with Crippen LogP contribution in [-0.2, 0) is 9.45 Å². The van der Waals surface area contributed by atoms with Crippen LogP contribution in [0, 0.1) is 0 Å². The Balaban J connectivity index is 4.75. The van der Waals surface area contributed by atoms with Gasteiger partial charge in [0, 0.05) is 5.70 Å². The lowest BCUT2D eigenvalue weighted by Gasteiger charge is -2.02. The van der Waals surface area contributed by atoms with Gasteiger partial charge in [0.05, 0.1) is 13.4 Å². The molecule has 5 heteroatoms. The molecular formula is C10H11B2NO2. The number of rotatable bonds is 6. The van der Waals surface area contributed by atoms with E-state index in [0.29, 0.717) is 5.70 Å². The third kappa shape index (κ3) is 4.96. The van der Waals surface area contributed by atoms with Gasteiger partial charge in [0.15, 0.2) is 0 Å². The summed E-state index contributed by atoms with van der Waals surface area (Å²) in [5.74, 6) is -0.655. The molecule has 0 aromatic carbocycles. The highest BCUT2D eigenvalue weighted by atomic mass is 16.5. The van der Waals surface area contributed by atoms with E-state index in [2.05, 4.69) is 23.1 Å². The van der Waals surface area contributed by atoms with Gasteiger partial charge in [-0.3, -0.25) is 0 Å². The molecule has 1 N–H and O–H groups in total. The first-order chi connectivity index (χ1) is 7.19. The summed E-state index contributed by atoms with van der Waals surface area (Å²) in [4.78, 5) is 11.0. The summed E-state index contributed by atoms with van der Waals surface area (Å²) in [5, 5.41) is 2.83. The zero-order valence-electron chi connectivity index (χ0n) is 8.40. The van der Waals surface area contributed by atoms with Crippen LogP contribution < -0.4 is 5.32 Å². The Hall–Kier alpha value is -1.64. The third-order valence-electron chi connectivity index (χ3n) is 1.53. The molecule has 0 heterocycles. The van der Waals surface area contributed by atoms with Crippen LogP contribution in [0.4, 0.5) is 0 Å². The summed E-state index contributed by atoms with van der Waals surface area (Å²) in [7, 11) is 10.0. The quantitative estimate of drug-likeness (QED) is 0.384. The van der Waals surface area contributed by atoms with Gasteiger partial charge in [-0.1, -0.05) is 19.2 Å². The SMILES string of the molecule is [B]CN/C(C=C)=C/C=C(\C=C)C(=O)O[B]. The zero-order valence-corrected chi connectivity index (χ0v) is 8.40. The second-order valence-corrected chi connectivity index (χ2v) is 2.44. The minimum atomic E-state index is -0.655. The lowest BCUT2D eigenvalue weighted by molar-refractivity contribution is -0.129. The molecule has 0 atom stereocenters. The standard InChI is InChI=1S/C10H11B2NO2/c1-3-8(10(14)15-12)5-6-9(4-2)13-7-11/h3-6,13H,1-2,7H2/b8-5+,9-6+. The Morgan fingerprint density at radius 1 is 1.33 bits per heavy atom. The van der Waals surface area contributed by atoms with E-state index in [0.717, 1.165) is 0 Å². The van der Waals surface area contributed by atoms with E-state index in [1.54, 1.807) is 12.2 Å². The highest BCUT2D eigenvalue weighted by molar-refractivity contribution is 6.10. The van der Waals surface area contributed by atoms with E-state index in [1.807, 2.05) is 0 Å². The van der Waals surface area contributed by atoms with Crippen LogP contribution in [-0.4, -0.2) is 28.3 Å². The van der Waals surface area contributed by atoms with Crippen LogP contribution in [0.1, 0.15) is 0 Å². The number of hydrogen-bond donors (Lipinski definition) is 1. The molecule has 0 saturated carbocycles. The number of hydrogen-bond acceptors (Lipinski definition) is 3. The number of allylic oxidation sites excluding steroid dienone is 3. The molecule has 0 amide bonds.